The second kappa shape index (κ2) is 8.44. The van der Waals surface area contributed by atoms with Crippen LogP contribution in [0.15, 0.2) is 73.1 Å². The molecule has 2 aromatic heterocycles. The highest BCUT2D eigenvalue weighted by Crippen LogP contribution is 2.38. The monoisotopic (exact) mass is 391 g/mol. The summed E-state index contributed by atoms with van der Waals surface area (Å²) in [5.74, 6) is 0. The van der Waals surface area contributed by atoms with Gasteiger partial charge in [-0.2, -0.15) is 0 Å². The molecular weight excluding hydrogens is 366 g/mol. The lowest BCUT2D eigenvalue weighted by molar-refractivity contribution is 0.305. The van der Waals surface area contributed by atoms with Gasteiger partial charge in [0.2, 0.25) is 0 Å². The summed E-state index contributed by atoms with van der Waals surface area (Å²) in [6, 6.07) is 20.8. The number of anilines is 1. The smallest absolute Gasteiger partial charge is 0.170 e. The van der Waals surface area contributed by atoms with Gasteiger partial charge in [0.25, 0.3) is 0 Å². The van der Waals surface area contributed by atoms with Crippen molar-refractivity contribution in [2.45, 2.75) is 18.5 Å². The van der Waals surface area contributed by atoms with Gasteiger partial charge in [-0.1, -0.05) is 24.3 Å². The van der Waals surface area contributed by atoms with Crippen molar-refractivity contribution in [2.24, 2.45) is 7.05 Å². The molecule has 4 rings (SSSR count). The van der Waals surface area contributed by atoms with Crippen molar-refractivity contribution in [1.29, 1.82) is 0 Å². The summed E-state index contributed by atoms with van der Waals surface area (Å²) in [6.45, 7) is 1.78. The Morgan fingerprint density at radius 3 is 2.61 bits per heavy atom. The van der Waals surface area contributed by atoms with Gasteiger partial charge in [0, 0.05) is 43.9 Å². The summed E-state index contributed by atoms with van der Waals surface area (Å²) in [5, 5.41) is 7.78. The van der Waals surface area contributed by atoms with E-state index in [1.165, 1.54) is 5.69 Å². The minimum Gasteiger partial charge on any atom is -0.385 e. The van der Waals surface area contributed by atoms with Gasteiger partial charge in [-0.25, -0.2) is 0 Å². The average molecular weight is 392 g/mol. The standard InChI is InChI=1S/C22H25N5S/c1-26-15-7-12-19(26)21-20(18-11-5-6-13-24-18)25-22(28)27(21)16-8-14-23-17-9-3-2-4-10-17/h2-7,9-13,15,20-21,23H,8,14,16H2,1H3,(H,25,28)/t20-,21+/m1/s1. The summed E-state index contributed by atoms with van der Waals surface area (Å²) in [7, 11) is 2.08. The first-order valence-corrected chi connectivity index (χ1v) is 10.0. The van der Waals surface area contributed by atoms with Crippen molar-refractivity contribution >= 4 is 23.0 Å². The van der Waals surface area contributed by atoms with Crippen molar-refractivity contribution in [1.82, 2.24) is 19.8 Å². The van der Waals surface area contributed by atoms with Crippen LogP contribution in [-0.2, 0) is 7.05 Å². The maximum absolute atomic E-state index is 5.71. The predicted molar refractivity (Wildman–Crippen MR) is 117 cm³/mol. The van der Waals surface area contributed by atoms with E-state index in [1.807, 2.05) is 36.5 Å². The Hall–Kier alpha value is -2.86. The van der Waals surface area contributed by atoms with E-state index >= 15 is 0 Å². The predicted octanol–water partition coefficient (Wildman–Crippen LogP) is 3.89. The molecule has 0 spiro atoms. The number of hydrogen-bond acceptors (Lipinski definition) is 3. The van der Waals surface area contributed by atoms with Crippen LogP contribution in [0.2, 0.25) is 0 Å². The number of benzene rings is 1. The molecule has 0 saturated carbocycles. The van der Waals surface area contributed by atoms with Gasteiger partial charge in [0.05, 0.1) is 17.8 Å². The van der Waals surface area contributed by atoms with Crippen LogP contribution < -0.4 is 10.6 Å². The van der Waals surface area contributed by atoms with Crippen LogP contribution in [0.25, 0.3) is 0 Å². The number of aromatic nitrogens is 2. The van der Waals surface area contributed by atoms with E-state index in [1.54, 1.807) is 0 Å². The number of pyridine rings is 1. The largest absolute Gasteiger partial charge is 0.385 e. The Balaban J connectivity index is 1.50. The van der Waals surface area contributed by atoms with Crippen molar-refractivity contribution < 1.29 is 0 Å². The van der Waals surface area contributed by atoms with Gasteiger partial charge in [0.15, 0.2) is 5.11 Å². The van der Waals surface area contributed by atoms with Crippen molar-refractivity contribution in [3.05, 3.63) is 84.4 Å². The highest BCUT2D eigenvalue weighted by Gasteiger charge is 2.40. The van der Waals surface area contributed by atoms with Crippen LogP contribution in [0, 0.1) is 0 Å². The Labute approximate surface area is 171 Å². The molecular formula is C22H25N5S. The Kier molecular flexibility index (Phi) is 5.58. The highest BCUT2D eigenvalue weighted by molar-refractivity contribution is 7.80. The molecule has 5 nitrogen and oxygen atoms in total. The quantitative estimate of drug-likeness (QED) is 0.473. The summed E-state index contributed by atoms with van der Waals surface area (Å²) in [6.07, 6.45) is 4.92. The Morgan fingerprint density at radius 2 is 1.89 bits per heavy atom. The summed E-state index contributed by atoms with van der Waals surface area (Å²) in [5.41, 5.74) is 3.40. The number of hydrogen-bond donors (Lipinski definition) is 2. The van der Waals surface area contributed by atoms with E-state index in [0.717, 1.165) is 36.0 Å². The molecule has 1 aromatic carbocycles. The van der Waals surface area contributed by atoms with E-state index < -0.39 is 0 Å². The third-order valence-electron chi connectivity index (χ3n) is 5.16. The van der Waals surface area contributed by atoms with E-state index in [2.05, 4.69) is 68.7 Å². The van der Waals surface area contributed by atoms with Gasteiger partial charge in [-0.05, 0) is 55.0 Å². The normalized spacial score (nSPS) is 18.9. The zero-order chi connectivity index (χ0) is 19.3. The molecule has 0 amide bonds. The molecule has 6 heteroatoms. The maximum atomic E-state index is 5.71. The van der Waals surface area contributed by atoms with E-state index in [9.17, 15) is 0 Å². The van der Waals surface area contributed by atoms with Crippen LogP contribution in [-0.4, -0.2) is 32.7 Å². The Morgan fingerprint density at radius 1 is 1.07 bits per heavy atom. The lowest BCUT2D eigenvalue weighted by atomic mass is 10.0. The van der Waals surface area contributed by atoms with Crippen molar-refractivity contribution in [3.8, 4) is 0 Å². The molecule has 0 unspecified atom stereocenters. The minimum atomic E-state index is 0.0457. The van der Waals surface area contributed by atoms with Gasteiger partial charge in [0.1, 0.15) is 0 Å². The third kappa shape index (κ3) is 3.87. The fraction of sp³-hybridized carbons (Fsp3) is 0.273. The molecule has 1 aliphatic rings. The SMILES string of the molecule is Cn1cccc1[C@H]1[C@@H](c2ccccn2)NC(=S)N1CCCNc1ccccc1. The summed E-state index contributed by atoms with van der Waals surface area (Å²) in [4.78, 5) is 6.89. The fourth-order valence-corrected chi connectivity index (χ4v) is 4.12. The van der Waals surface area contributed by atoms with Crippen LogP contribution in [0.5, 0.6) is 0 Å². The van der Waals surface area contributed by atoms with Gasteiger partial charge in [-0.3, -0.25) is 4.98 Å². The average Bonchev–Trinajstić information content (AvgIpc) is 3.29. The second-order valence-electron chi connectivity index (χ2n) is 7.01. The second-order valence-corrected chi connectivity index (χ2v) is 7.40. The van der Waals surface area contributed by atoms with Gasteiger partial charge >= 0.3 is 0 Å². The van der Waals surface area contributed by atoms with Crippen LogP contribution >= 0.6 is 12.2 Å². The number of para-hydroxylation sites is 1. The summed E-state index contributed by atoms with van der Waals surface area (Å²) < 4.78 is 2.17. The van der Waals surface area contributed by atoms with Crippen LogP contribution in [0.3, 0.4) is 0 Å². The third-order valence-corrected chi connectivity index (χ3v) is 5.52. The zero-order valence-corrected chi connectivity index (χ0v) is 16.8. The molecule has 3 heterocycles. The molecule has 3 aromatic rings. The first-order valence-electron chi connectivity index (χ1n) is 9.62. The van der Waals surface area contributed by atoms with Crippen LogP contribution in [0.1, 0.15) is 29.9 Å². The number of nitrogens with one attached hydrogen (secondary N) is 2. The molecule has 1 aliphatic heterocycles. The zero-order valence-electron chi connectivity index (χ0n) is 16.0. The lowest BCUT2D eigenvalue weighted by Crippen LogP contribution is -2.32. The number of rotatable bonds is 7. The maximum Gasteiger partial charge on any atom is 0.170 e. The minimum absolute atomic E-state index is 0.0457. The number of nitrogens with zero attached hydrogens (tertiary/aromatic N) is 3. The molecule has 28 heavy (non-hydrogen) atoms. The Bertz CT molecular complexity index is 909. The fourth-order valence-electron chi connectivity index (χ4n) is 3.79. The van der Waals surface area contributed by atoms with E-state index in [0.29, 0.717) is 0 Å². The molecule has 0 aliphatic carbocycles. The molecule has 144 valence electrons. The van der Waals surface area contributed by atoms with Crippen molar-refractivity contribution in [3.63, 3.8) is 0 Å². The first kappa shape index (κ1) is 18.5. The molecule has 1 fully saturated rings. The molecule has 2 atom stereocenters. The molecule has 2 N–H and O–H groups in total. The lowest BCUT2D eigenvalue weighted by Gasteiger charge is -2.28. The topological polar surface area (TPSA) is 45.1 Å². The van der Waals surface area contributed by atoms with Gasteiger partial charge in [-0.15, -0.1) is 0 Å². The van der Waals surface area contributed by atoms with Gasteiger partial charge < -0.3 is 20.1 Å². The first-order chi connectivity index (χ1) is 13.7. The van der Waals surface area contributed by atoms with Crippen LogP contribution in [0.4, 0.5) is 5.69 Å². The highest BCUT2D eigenvalue weighted by atomic mass is 32.1. The molecule has 0 bridgehead atoms. The molecule has 1 saturated heterocycles. The summed E-state index contributed by atoms with van der Waals surface area (Å²) >= 11 is 5.71. The molecule has 0 radical (unpaired) electrons. The van der Waals surface area contributed by atoms with E-state index in [-0.39, 0.29) is 12.1 Å². The van der Waals surface area contributed by atoms with Crippen molar-refractivity contribution in [2.75, 3.05) is 18.4 Å². The number of aryl methyl sites for hydroxylation is 1. The van der Waals surface area contributed by atoms with E-state index in [4.69, 9.17) is 12.2 Å². The number of thiocarbonyl (C=S) groups is 1.